The number of likely N-dealkylation sites (N-methyl/N-ethyl adjacent to an activating group) is 2. The van der Waals surface area contributed by atoms with Crippen LogP contribution >= 0.6 is 15.9 Å². The van der Waals surface area contributed by atoms with Crippen molar-refractivity contribution >= 4 is 21.6 Å². The Balaban J connectivity index is 2.80. The van der Waals surface area contributed by atoms with Crippen LogP contribution in [0.15, 0.2) is 22.7 Å². The van der Waals surface area contributed by atoms with Gasteiger partial charge in [0.2, 0.25) is 0 Å². The van der Waals surface area contributed by atoms with Gasteiger partial charge in [-0.1, -0.05) is 15.9 Å². The molecule has 0 saturated heterocycles. The van der Waals surface area contributed by atoms with Gasteiger partial charge in [0.25, 0.3) is 0 Å². The summed E-state index contributed by atoms with van der Waals surface area (Å²) in [7, 11) is 6.32. The summed E-state index contributed by atoms with van der Waals surface area (Å²) < 4.78 is 1.12. The molecule has 4 heteroatoms. The first-order valence-electron chi connectivity index (χ1n) is 5.89. The average Bonchev–Trinajstić information content (AvgIpc) is 2.26. The fraction of sp³-hybridized carbons (Fsp3) is 0.538. The monoisotopic (exact) mass is 299 g/mol. The van der Waals surface area contributed by atoms with Gasteiger partial charge in [-0.3, -0.25) is 0 Å². The Hall–Kier alpha value is -0.580. The van der Waals surface area contributed by atoms with Crippen LogP contribution in [0, 0.1) is 0 Å². The van der Waals surface area contributed by atoms with Crippen molar-refractivity contribution in [1.29, 1.82) is 0 Å². The van der Waals surface area contributed by atoms with Crippen molar-refractivity contribution in [2.24, 2.45) is 5.73 Å². The van der Waals surface area contributed by atoms with Gasteiger partial charge in [-0.05, 0) is 50.8 Å². The molecule has 0 unspecified atom stereocenters. The number of hydrogen-bond acceptors (Lipinski definition) is 3. The molecule has 0 aliphatic rings. The minimum atomic E-state index is 0.685. The Morgan fingerprint density at radius 2 is 1.88 bits per heavy atom. The molecular formula is C13H22BrN3. The highest BCUT2D eigenvalue weighted by molar-refractivity contribution is 9.10. The predicted molar refractivity (Wildman–Crippen MR) is 78.7 cm³/mol. The molecule has 1 aromatic rings. The number of benzene rings is 1. The van der Waals surface area contributed by atoms with Gasteiger partial charge in [0.05, 0.1) is 0 Å². The summed E-state index contributed by atoms with van der Waals surface area (Å²) in [6.07, 6.45) is 0.918. The smallest absolute Gasteiger partial charge is 0.0397 e. The van der Waals surface area contributed by atoms with Crippen LogP contribution in [-0.2, 0) is 6.42 Å². The first-order valence-corrected chi connectivity index (χ1v) is 6.68. The molecule has 0 aromatic heterocycles. The van der Waals surface area contributed by atoms with Crippen LogP contribution in [0.4, 0.5) is 5.69 Å². The van der Waals surface area contributed by atoms with Crippen molar-refractivity contribution in [3.8, 4) is 0 Å². The van der Waals surface area contributed by atoms with E-state index in [0.29, 0.717) is 6.54 Å². The van der Waals surface area contributed by atoms with Gasteiger partial charge in [0, 0.05) is 30.3 Å². The molecule has 0 atom stereocenters. The zero-order valence-electron chi connectivity index (χ0n) is 10.9. The van der Waals surface area contributed by atoms with Crippen LogP contribution in [0.25, 0.3) is 0 Å². The average molecular weight is 300 g/mol. The lowest BCUT2D eigenvalue weighted by atomic mass is 10.1. The molecule has 0 amide bonds. The van der Waals surface area contributed by atoms with Crippen molar-refractivity contribution < 1.29 is 0 Å². The van der Waals surface area contributed by atoms with Gasteiger partial charge in [-0.15, -0.1) is 0 Å². The summed E-state index contributed by atoms with van der Waals surface area (Å²) in [5.74, 6) is 0. The minimum Gasteiger partial charge on any atom is -0.373 e. The first-order chi connectivity index (χ1) is 8.04. The fourth-order valence-corrected chi connectivity index (χ4v) is 2.16. The highest BCUT2D eigenvalue weighted by Gasteiger charge is 2.07. The Labute approximate surface area is 113 Å². The third kappa shape index (κ3) is 4.66. The van der Waals surface area contributed by atoms with Crippen molar-refractivity contribution in [1.82, 2.24) is 4.90 Å². The number of nitrogens with two attached hydrogens (primary N) is 1. The van der Waals surface area contributed by atoms with Gasteiger partial charge >= 0.3 is 0 Å². The molecule has 0 bridgehead atoms. The van der Waals surface area contributed by atoms with E-state index in [2.05, 4.69) is 65.1 Å². The Morgan fingerprint density at radius 3 is 2.47 bits per heavy atom. The molecule has 17 heavy (non-hydrogen) atoms. The van der Waals surface area contributed by atoms with Crippen LogP contribution < -0.4 is 10.6 Å². The number of hydrogen-bond donors (Lipinski definition) is 1. The third-order valence-electron chi connectivity index (χ3n) is 2.75. The first kappa shape index (κ1) is 14.5. The number of nitrogens with zero attached hydrogens (tertiary/aromatic N) is 2. The van der Waals surface area contributed by atoms with Gasteiger partial charge in [-0.25, -0.2) is 0 Å². The second-order valence-electron chi connectivity index (χ2n) is 4.54. The van der Waals surface area contributed by atoms with E-state index >= 15 is 0 Å². The van der Waals surface area contributed by atoms with Crippen molar-refractivity contribution in [2.45, 2.75) is 6.42 Å². The summed E-state index contributed by atoms with van der Waals surface area (Å²) in [5, 5.41) is 0. The number of halogens is 1. The lowest BCUT2D eigenvalue weighted by molar-refractivity contribution is 0.416. The fourth-order valence-electron chi connectivity index (χ4n) is 1.75. The summed E-state index contributed by atoms with van der Waals surface area (Å²) >= 11 is 3.51. The van der Waals surface area contributed by atoms with E-state index in [4.69, 9.17) is 5.73 Å². The molecule has 0 radical (unpaired) electrons. The van der Waals surface area contributed by atoms with E-state index in [1.165, 1.54) is 11.3 Å². The molecule has 2 N–H and O–H groups in total. The maximum atomic E-state index is 5.66. The van der Waals surface area contributed by atoms with Crippen LogP contribution in [0.2, 0.25) is 0 Å². The van der Waals surface area contributed by atoms with E-state index in [1.807, 2.05) is 0 Å². The van der Waals surface area contributed by atoms with Crippen molar-refractivity contribution in [2.75, 3.05) is 45.7 Å². The highest BCUT2D eigenvalue weighted by Crippen LogP contribution is 2.24. The maximum absolute atomic E-state index is 5.66. The highest BCUT2D eigenvalue weighted by atomic mass is 79.9. The van der Waals surface area contributed by atoms with E-state index in [9.17, 15) is 0 Å². The van der Waals surface area contributed by atoms with E-state index in [0.717, 1.165) is 24.0 Å². The van der Waals surface area contributed by atoms with E-state index in [1.54, 1.807) is 0 Å². The van der Waals surface area contributed by atoms with Crippen molar-refractivity contribution in [3.63, 3.8) is 0 Å². The van der Waals surface area contributed by atoms with E-state index < -0.39 is 0 Å². The lowest BCUT2D eigenvalue weighted by Gasteiger charge is -2.24. The van der Waals surface area contributed by atoms with Crippen LogP contribution in [0.1, 0.15) is 5.56 Å². The predicted octanol–water partition coefficient (Wildman–Crippen LogP) is 1.95. The molecule has 0 aliphatic carbocycles. The molecule has 0 heterocycles. The molecule has 96 valence electrons. The summed E-state index contributed by atoms with van der Waals surface area (Å²) in [5.41, 5.74) is 8.25. The molecule has 1 rings (SSSR count). The topological polar surface area (TPSA) is 32.5 Å². The zero-order valence-corrected chi connectivity index (χ0v) is 12.5. The summed E-state index contributed by atoms with van der Waals surface area (Å²) in [6.45, 7) is 2.76. The summed E-state index contributed by atoms with van der Waals surface area (Å²) in [4.78, 5) is 4.48. The Morgan fingerprint density at radius 1 is 1.18 bits per heavy atom. The summed E-state index contributed by atoms with van der Waals surface area (Å²) in [6, 6.07) is 6.40. The lowest BCUT2D eigenvalue weighted by Crippen LogP contribution is -2.29. The SMILES string of the molecule is CN(C)CCN(C)c1ccc(Br)cc1CCN. The Kier molecular flexibility index (Phi) is 5.95. The minimum absolute atomic E-state index is 0.685. The molecule has 0 fully saturated rings. The third-order valence-corrected chi connectivity index (χ3v) is 3.24. The maximum Gasteiger partial charge on any atom is 0.0397 e. The molecular weight excluding hydrogens is 278 g/mol. The zero-order chi connectivity index (χ0) is 12.8. The molecule has 3 nitrogen and oxygen atoms in total. The quantitative estimate of drug-likeness (QED) is 0.871. The van der Waals surface area contributed by atoms with Gasteiger partial charge in [0.15, 0.2) is 0 Å². The normalized spacial score (nSPS) is 10.9. The molecule has 1 aromatic carbocycles. The number of anilines is 1. The van der Waals surface area contributed by atoms with Gasteiger partial charge in [0.1, 0.15) is 0 Å². The van der Waals surface area contributed by atoms with Gasteiger partial charge < -0.3 is 15.5 Å². The van der Waals surface area contributed by atoms with Gasteiger partial charge in [-0.2, -0.15) is 0 Å². The molecule has 0 aliphatic heterocycles. The molecule has 0 saturated carbocycles. The van der Waals surface area contributed by atoms with Crippen molar-refractivity contribution in [3.05, 3.63) is 28.2 Å². The Bertz CT molecular complexity index is 353. The van der Waals surface area contributed by atoms with E-state index in [-0.39, 0.29) is 0 Å². The van der Waals surface area contributed by atoms with Crippen LogP contribution in [-0.4, -0.2) is 45.7 Å². The second-order valence-corrected chi connectivity index (χ2v) is 5.45. The van der Waals surface area contributed by atoms with Crippen LogP contribution in [0.5, 0.6) is 0 Å². The second kappa shape index (κ2) is 6.99. The van der Waals surface area contributed by atoms with Crippen LogP contribution in [0.3, 0.4) is 0 Å². The number of rotatable bonds is 6. The largest absolute Gasteiger partial charge is 0.373 e. The molecule has 0 spiro atoms. The standard InChI is InChI=1S/C13H22BrN3/c1-16(2)8-9-17(3)13-5-4-12(14)10-11(13)6-7-15/h4-5,10H,6-9,15H2,1-3H3.